The fraction of sp³-hybridized carbons (Fsp3) is 0.100. The average Bonchev–Trinajstić information content (AvgIpc) is 3.28. The highest BCUT2D eigenvalue weighted by molar-refractivity contribution is 5.97. The molecule has 1 aromatic carbocycles. The number of benzene rings is 1. The summed E-state index contributed by atoms with van der Waals surface area (Å²) in [6, 6.07) is 8.46. The molecule has 0 bridgehead atoms. The normalized spacial score (nSPS) is 13.4. The predicted molar refractivity (Wildman–Crippen MR) is 96.2 cm³/mol. The van der Waals surface area contributed by atoms with E-state index in [1.54, 1.807) is 41.7 Å². The van der Waals surface area contributed by atoms with Gasteiger partial charge < -0.3 is 9.30 Å². The van der Waals surface area contributed by atoms with Gasteiger partial charge in [0.2, 0.25) is 0 Å². The molecule has 0 atom stereocenters. The second-order valence-corrected chi connectivity index (χ2v) is 6.43. The molecule has 6 nitrogen and oxygen atoms in total. The molecule has 7 heteroatoms. The van der Waals surface area contributed by atoms with Gasteiger partial charge in [-0.15, -0.1) is 0 Å². The minimum absolute atomic E-state index is 0.117. The lowest BCUT2D eigenvalue weighted by Gasteiger charge is -2.16. The summed E-state index contributed by atoms with van der Waals surface area (Å²) in [5, 5.41) is 0. The maximum Gasteiger partial charge on any atom is 0.256 e. The predicted octanol–water partition coefficient (Wildman–Crippen LogP) is 3.09. The summed E-state index contributed by atoms with van der Waals surface area (Å²) in [5.74, 6) is -0.481. The standard InChI is InChI=1S/C20H14FN5O/c21-16-8-13(17-11-25-7-6-23-19(25)9-24-17)3-4-14(16)10-26-12-18-15(20(26)27)2-1-5-22-18/h1-9,11H,10,12H2. The molecule has 0 unspecified atom stereocenters. The van der Waals surface area contributed by atoms with Crippen LogP contribution in [0.2, 0.25) is 0 Å². The summed E-state index contributed by atoms with van der Waals surface area (Å²) in [6.45, 7) is 0.602. The van der Waals surface area contributed by atoms with Crippen LogP contribution in [0, 0.1) is 5.82 Å². The first kappa shape index (κ1) is 15.6. The number of imidazole rings is 1. The molecule has 4 aromatic rings. The number of rotatable bonds is 3. The molecule has 3 aromatic heterocycles. The van der Waals surface area contributed by atoms with Crippen molar-refractivity contribution in [2.24, 2.45) is 0 Å². The van der Waals surface area contributed by atoms with Crippen molar-refractivity contribution >= 4 is 11.6 Å². The molecule has 4 heterocycles. The molecule has 0 radical (unpaired) electrons. The molecule has 27 heavy (non-hydrogen) atoms. The van der Waals surface area contributed by atoms with E-state index in [-0.39, 0.29) is 18.3 Å². The Morgan fingerprint density at radius 1 is 1.11 bits per heavy atom. The number of halogens is 1. The fourth-order valence-electron chi connectivity index (χ4n) is 3.32. The number of hydrogen-bond acceptors (Lipinski definition) is 4. The van der Waals surface area contributed by atoms with Gasteiger partial charge >= 0.3 is 0 Å². The Labute approximate surface area is 153 Å². The molecule has 1 aliphatic heterocycles. The molecule has 0 saturated carbocycles. The van der Waals surface area contributed by atoms with Gasteiger partial charge in [0.15, 0.2) is 5.65 Å². The highest BCUT2D eigenvalue weighted by Gasteiger charge is 2.28. The fourth-order valence-corrected chi connectivity index (χ4v) is 3.32. The van der Waals surface area contributed by atoms with Crippen LogP contribution in [-0.4, -0.2) is 30.2 Å². The summed E-state index contributed by atoms with van der Waals surface area (Å²) >= 11 is 0. The van der Waals surface area contributed by atoms with E-state index in [1.165, 1.54) is 6.07 Å². The van der Waals surface area contributed by atoms with Crippen molar-refractivity contribution in [1.29, 1.82) is 0 Å². The lowest BCUT2D eigenvalue weighted by atomic mass is 10.1. The molecule has 0 N–H and O–H groups in total. The first-order valence-corrected chi connectivity index (χ1v) is 8.50. The van der Waals surface area contributed by atoms with Gasteiger partial charge in [0.1, 0.15) is 5.82 Å². The number of carbonyl (C=O) groups is 1. The van der Waals surface area contributed by atoms with E-state index in [1.807, 2.05) is 22.9 Å². The second kappa shape index (κ2) is 5.98. The number of pyridine rings is 1. The van der Waals surface area contributed by atoms with Gasteiger partial charge in [-0.3, -0.25) is 14.8 Å². The topological polar surface area (TPSA) is 63.4 Å². The number of hydrogen-bond donors (Lipinski definition) is 0. The summed E-state index contributed by atoms with van der Waals surface area (Å²) in [5.41, 5.74) is 3.84. The molecule has 0 aliphatic carbocycles. The molecule has 132 valence electrons. The Kier molecular flexibility index (Phi) is 3.46. The first-order chi connectivity index (χ1) is 13.2. The summed E-state index contributed by atoms with van der Waals surface area (Å²) in [4.78, 5) is 26.8. The van der Waals surface area contributed by atoms with Gasteiger partial charge in [-0.05, 0) is 18.2 Å². The number of nitrogens with zero attached hydrogens (tertiary/aromatic N) is 5. The summed E-state index contributed by atoms with van der Waals surface area (Å²) in [7, 11) is 0. The Morgan fingerprint density at radius 3 is 2.89 bits per heavy atom. The number of fused-ring (bicyclic) bond motifs is 2. The molecular weight excluding hydrogens is 345 g/mol. The van der Waals surface area contributed by atoms with Crippen molar-refractivity contribution in [2.45, 2.75) is 13.1 Å². The van der Waals surface area contributed by atoms with Crippen molar-refractivity contribution in [3.63, 3.8) is 0 Å². The van der Waals surface area contributed by atoms with Gasteiger partial charge in [-0.1, -0.05) is 12.1 Å². The molecule has 1 aliphatic rings. The van der Waals surface area contributed by atoms with Crippen LogP contribution in [-0.2, 0) is 13.1 Å². The lowest BCUT2D eigenvalue weighted by Crippen LogP contribution is -2.23. The third-order valence-corrected chi connectivity index (χ3v) is 4.74. The van der Waals surface area contributed by atoms with E-state index in [2.05, 4.69) is 15.0 Å². The van der Waals surface area contributed by atoms with Crippen molar-refractivity contribution < 1.29 is 9.18 Å². The Morgan fingerprint density at radius 2 is 2.04 bits per heavy atom. The maximum absolute atomic E-state index is 14.7. The smallest absolute Gasteiger partial charge is 0.256 e. The van der Waals surface area contributed by atoms with Gasteiger partial charge in [0.25, 0.3) is 5.91 Å². The molecule has 5 rings (SSSR count). The number of amides is 1. The van der Waals surface area contributed by atoms with E-state index in [0.717, 1.165) is 11.3 Å². The quantitative estimate of drug-likeness (QED) is 0.564. The zero-order chi connectivity index (χ0) is 18.4. The van der Waals surface area contributed by atoms with Crippen molar-refractivity contribution in [2.75, 3.05) is 0 Å². The molecule has 0 saturated heterocycles. The zero-order valence-electron chi connectivity index (χ0n) is 14.2. The van der Waals surface area contributed by atoms with E-state index in [4.69, 9.17) is 0 Å². The summed E-state index contributed by atoms with van der Waals surface area (Å²) < 4.78 is 16.5. The molecule has 0 fully saturated rings. The lowest BCUT2D eigenvalue weighted by molar-refractivity contribution is 0.0765. The SMILES string of the molecule is O=C1c2cccnc2CN1Cc1ccc(-c2cn3ccnc3cn2)cc1F. The van der Waals surface area contributed by atoms with Crippen molar-refractivity contribution in [1.82, 2.24) is 24.3 Å². The Hall–Kier alpha value is -3.61. The minimum Gasteiger partial charge on any atom is -0.328 e. The second-order valence-electron chi connectivity index (χ2n) is 6.43. The number of carbonyl (C=O) groups excluding carboxylic acids is 1. The Balaban J connectivity index is 1.41. The van der Waals surface area contributed by atoms with Crippen LogP contribution in [0.1, 0.15) is 21.6 Å². The highest BCUT2D eigenvalue weighted by atomic mass is 19.1. The zero-order valence-corrected chi connectivity index (χ0v) is 14.2. The average molecular weight is 359 g/mol. The maximum atomic E-state index is 14.7. The van der Waals surface area contributed by atoms with Crippen LogP contribution in [0.15, 0.2) is 61.3 Å². The van der Waals surface area contributed by atoms with E-state index < -0.39 is 0 Å². The van der Waals surface area contributed by atoms with Gasteiger partial charge in [0, 0.05) is 42.5 Å². The monoisotopic (exact) mass is 359 g/mol. The van der Waals surface area contributed by atoms with Gasteiger partial charge in [0.05, 0.1) is 29.7 Å². The third-order valence-electron chi connectivity index (χ3n) is 4.74. The first-order valence-electron chi connectivity index (χ1n) is 8.50. The van der Waals surface area contributed by atoms with Crippen LogP contribution in [0.4, 0.5) is 4.39 Å². The van der Waals surface area contributed by atoms with Crippen LogP contribution in [0.5, 0.6) is 0 Å². The van der Waals surface area contributed by atoms with Gasteiger partial charge in [-0.25, -0.2) is 9.37 Å². The van der Waals surface area contributed by atoms with E-state index in [0.29, 0.717) is 28.9 Å². The minimum atomic E-state index is -0.364. The van der Waals surface area contributed by atoms with Crippen molar-refractivity contribution in [3.8, 4) is 11.3 Å². The molecular formula is C20H14FN5O. The van der Waals surface area contributed by atoms with Crippen LogP contribution in [0.3, 0.4) is 0 Å². The third kappa shape index (κ3) is 2.64. The van der Waals surface area contributed by atoms with Crippen LogP contribution in [0.25, 0.3) is 16.9 Å². The van der Waals surface area contributed by atoms with Crippen molar-refractivity contribution in [3.05, 3.63) is 84.0 Å². The van der Waals surface area contributed by atoms with Gasteiger partial charge in [-0.2, -0.15) is 0 Å². The highest BCUT2D eigenvalue weighted by Crippen LogP contribution is 2.25. The van der Waals surface area contributed by atoms with E-state index >= 15 is 0 Å². The molecule has 1 amide bonds. The number of aromatic nitrogens is 4. The largest absolute Gasteiger partial charge is 0.328 e. The molecule has 0 spiro atoms. The van der Waals surface area contributed by atoms with Crippen LogP contribution < -0.4 is 0 Å². The van der Waals surface area contributed by atoms with E-state index in [9.17, 15) is 9.18 Å². The summed E-state index contributed by atoms with van der Waals surface area (Å²) in [6.07, 6.45) is 8.62. The van der Waals surface area contributed by atoms with Crippen LogP contribution >= 0.6 is 0 Å². The Bertz CT molecular complexity index is 1190.